The molecule has 3 heteroatoms. The smallest absolute Gasteiger partial charge is 0.119 e. The number of piperidine rings is 1. The fourth-order valence-electron chi connectivity index (χ4n) is 4.83. The molecule has 1 aromatic carbocycles. The van der Waals surface area contributed by atoms with E-state index in [1.165, 1.54) is 56.6 Å². The first-order chi connectivity index (χ1) is 12.9. The van der Waals surface area contributed by atoms with Gasteiger partial charge in [-0.1, -0.05) is 24.6 Å². The Balaban J connectivity index is 1.20. The molecule has 5 rings (SSSR count). The Morgan fingerprint density at radius 1 is 1.12 bits per heavy atom. The fraction of sp³-hybridized carbons (Fsp3) is 0.478. The number of hydrogen-bond acceptors (Lipinski definition) is 3. The molecule has 1 aromatic rings. The van der Waals surface area contributed by atoms with Crippen LogP contribution in [0.25, 0.3) is 0 Å². The second-order valence-corrected chi connectivity index (χ2v) is 8.07. The number of ether oxygens (including phenoxy) is 1. The Kier molecular flexibility index (Phi) is 4.12. The summed E-state index contributed by atoms with van der Waals surface area (Å²) < 4.78 is 6.09. The van der Waals surface area contributed by atoms with Crippen molar-refractivity contribution in [2.45, 2.75) is 43.6 Å². The van der Waals surface area contributed by atoms with E-state index < -0.39 is 0 Å². The van der Waals surface area contributed by atoms with E-state index >= 15 is 0 Å². The van der Waals surface area contributed by atoms with Gasteiger partial charge in [0.25, 0.3) is 0 Å². The van der Waals surface area contributed by atoms with Crippen LogP contribution in [0.2, 0.25) is 0 Å². The predicted molar refractivity (Wildman–Crippen MR) is 105 cm³/mol. The summed E-state index contributed by atoms with van der Waals surface area (Å²) >= 11 is 0. The largest absolute Gasteiger partial charge is 0.494 e. The van der Waals surface area contributed by atoms with Crippen LogP contribution < -0.4 is 4.74 Å². The first-order valence-electron chi connectivity index (χ1n) is 10.2. The Labute approximate surface area is 156 Å². The van der Waals surface area contributed by atoms with Gasteiger partial charge >= 0.3 is 0 Å². The standard InChI is InChI=1S/C23H28N2O/c1-3-11-24(12-4-1)13-7-15-26-21-10-6-8-19(16-21)23-17-20-9-2-5-14-25(20)22(23)18-23/h2,5-6,8-10,14,16-17,22H,1,3-4,7,11-13,15,18H2. The highest BCUT2D eigenvalue weighted by Crippen LogP contribution is 2.59. The lowest BCUT2D eigenvalue weighted by atomic mass is 9.95. The van der Waals surface area contributed by atoms with Crippen molar-refractivity contribution in [3.63, 3.8) is 0 Å². The summed E-state index contributed by atoms with van der Waals surface area (Å²) in [7, 11) is 0. The van der Waals surface area contributed by atoms with Crippen LogP contribution in [0.4, 0.5) is 0 Å². The Bertz CT molecular complexity index is 759. The van der Waals surface area contributed by atoms with E-state index in [1.807, 2.05) is 0 Å². The van der Waals surface area contributed by atoms with E-state index in [-0.39, 0.29) is 5.41 Å². The zero-order valence-electron chi connectivity index (χ0n) is 15.4. The van der Waals surface area contributed by atoms with Gasteiger partial charge in [-0.2, -0.15) is 0 Å². The summed E-state index contributed by atoms with van der Waals surface area (Å²) in [5, 5.41) is 0. The van der Waals surface area contributed by atoms with Gasteiger partial charge in [-0.25, -0.2) is 0 Å². The van der Waals surface area contributed by atoms with Crippen molar-refractivity contribution in [1.29, 1.82) is 0 Å². The zero-order chi connectivity index (χ0) is 17.4. The maximum Gasteiger partial charge on any atom is 0.119 e. The van der Waals surface area contributed by atoms with Crippen molar-refractivity contribution in [1.82, 2.24) is 9.80 Å². The van der Waals surface area contributed by atoms with Crippen LogP contribution >= 0.6 is 0 Å². The Hall–Kier alpha value is -2.00. The Morgan fingerprint density at radius 3 is 2.92 bits per heavy atom. The zero-order valence-corrected chi connectivity index (χ0v) is 15.4. The molecule has 1 saturated heterocycles. The van der Waals surface area contributed by atoms with E-state index in [2.05, 4.69) is 64.6 Å². The molecule has 0 spiro atoms. The first kappa shape index (κ1) is 16.2. The minimum absolute atomic E-state index is 0.196. The van der Waals surface area contributed by atoms with Gasteiger partial charge in [0.1, 0.15) is 5.75 Å². The molecule has 0 bridgehead atoms. The lowest BCUT2D eigenvalue weighted by Crippen LogP contribution is -2.31. The van der Waals surface area contributed by atoms with Crippen molar-refractivity contribution in [2.24, 2.45) is 0 Å². The van der Waals surface area contributed by atoms with Gasteiger partial charge in [-0.05, 0) is 74.7 Å². The van der Waals surface area contributed by atoms with Crippen LogP contribution in [-0.4, -0.2) is 42.1 Å². The fourth-order valence-corrected chi connectivity index (χ4v) is 4.83. The third-order valence-corrected chi connectivity index (χ3v) is 6.34. The minimum Gasteiger partial charge on any atom is -0.494 e. The lowest BCUT2D eigenvalue weighted by Gasteiger charge is -2.26. The highest BCUT2D eigenvalue weighted by Gasteiger charge is 2.60. The first-order valence-corrected chi connectivity index (χ1v) is 10.2. The molecule has 4 aliphatic rings. The average Bonchev–Trinajstić information content (AvgIpc) is 3.34. The third-order valence-electron chi connectivity index (χ3n) is 6.34. The molecule has 1 aliphatic carbocycles. The van der Waals surface area contributed by atoms with Crippen molar-refractivity contribution < 1.29 is 4.74 Å². The molecular weight excluding hydrogens is 320 g/mol. The number of hydrogen-bond donors (Lipinski definition) is 0. The van der Waals surface area contributed by atoms with Crippen molar-refractivity contribution in [3.8, 4) is 5.75 Å². The van der Waals surface area contributed by atoms with Crippen LogP contribution in [0.3, 0.4) is 0 Å². The number of nitrogens with zero attached hydrogens (tertiary/aromatic N) is 2. The van der Waals surface area contributed by atoms with Gasteiger partial charge in [-0.15, -0.1) is 0 Å². The number of benzene rings is 1. The van der Waals surface area contributed by atoms with E-state index in [4.69, 9.17) is 4.74 Å². The maximum absolute atomic E-state index is 6.09. The molecule has 1 saturated carbocycles. The van der Waals surface area contributed by atoms with Crippen LogP contribution in [0.5, 0.6) is 5.75 Å². The number of allylic oxidation sites excluding steroid dienone is 3. The van der Waals surface area contributed by atoms with Crippen LogP contribution in [0.1, 0.15) is 37.7 Å². The molecular formula is C23H28N2O. The molecule has 3 nitrogen and oxygen atoms in total. The minimum atomic E-state index is 0.196. The molecule has 2 unspecified atom stereocenters. The second kappa shape index (κ2) is 6.62. The summed E-state index contributed by atoms with van der Waals surface area (Å²) in [6.45, 7) is 4.53. The van der Waals surface area contributed by atoms with Crippen LogP contribution in [0, 0.1) is 0 Å². The molecule has 26 heavy (non-hydrogen) atoms. The summed E-state index contributed by atoms with van der Waals surface area (Å²) in [5.74, 6) is 1.02. The van der Waals surface area contributed by atoms with E-state index in [0.717, 1.165) is 18.8 Å². The summed E-state index contributed by atoms with van der Waals surface area (Å²) in [6.07, 6.45) is 17.6. The monoisotopic (exact) mass is 348 g/mol. The molecule has 2 atom stereocenters. The average molecular weight is 348 g/mol. The lowest BCUT2D eigenvalue weighted by molar-refractivity contribution is 0.205. The van der Waals surface area contributed by atoms with Gasteiger partial charge in [0.2, 0.25) is 0 Å². The molecule has 2 fully saturated rings. The van der Waals surface area contributed by atoms with Crippen molar-refractivity contribution >= 4 is 0 Å². The van der Waals surface area contributed by atoms with Crippen molar-refractivity contribution in [2.75, 3.05) is 26.2 Å². The third kappa shape index (κ3) is 2.88. The van der Waals surface area contributed by atoms with E-state index in [1.54, 1.807) is 0 Å². The molecule has 3 heterocycles. The van der Waals surface area contributed by atoms with Crippen LogP contribution in [0.15, 0.2) is 60.5 Å². The van der Waals surface area contributed by atoms with E-state index in [9.17, 15) is 0 Å². The predicted octanol–water partition coefficient (Wildman–Crippen LogP) is 4.23. The SMILES string of the molecule is C1=CC2=CC3(c4cccc(OCCCN5CCCCC5)c4)CC3N2C=C1. The Morgan fingerprint density at radius 2 is 2.04 bits per heavy atom. The molecule has 0 amide bonds. The van der Waals surface area contributed by atoms with Gasteiger partial charge in [0.05, 0.1) is 6.61 Å². The topological polar surface area (TPSA) is 15.7 Å². The highest BCUT2D eigenvalue weighted by molar-refractivity contribution is 5.53. The summed E-state index contributed by atoms with van der Waals surface area (Å²) in [5.41, 5.74) is 2.94. The molecule has 0 N–H and O–H groups in total. The molecule has 0 aromatic heterocycles. The number of rotatable bonds is 6. The van der Waals surface area contributed by atoms with Crippen LogP contribution in [-0.2, 0) is 5.41 Å². The summed E-state index contributed by atoms with van der Waals surface area (Å²) in [4.78, 5) is 5.01. The normalized spacial score (nSPS) is 29.3. The molecule has 136 valence electrons. The van der Waals surface area contributed by atoms with Crippen molar-refractivity contribution in [3.05, 3.63) is 66.0 Å². The molecule has 0 radical (unpaired) electrons. The number of likely N-dealkylation sites (tertiary alicyclic amines) is 1. The van der Waals surface area contributed by atoms with Gasteiger partial charge in [0, 0.05) is 29.9 Å². The maximum atomic E-state index is 6.09. The van der Waals surface area contributed by atoms with Gasteiger partial charge in [-0.3, -0.25) is 0 Å². The van der Waals surface area contributed by atoms with Gasteiger partial charge < -0.3 is 14.5 Å². The quantitative estimate of drug-likeness (QED) is 0.716. The second-order valence-electron chi connectivity index (χ2n) is 8.07. The number of fused-ring (bicyclic) bond motifs is 3. The van der Waals surface area contributed by atoms with E-state index in [0.29, 0.717) is 6.04 Å². The summed E-state index contributed by atoms with van der Waals surface area (Å²) in [6, 6.07) is 9.38. The highest BCUT2D eigenvalue weighted by atomic mass is 16.5. The van der Waals surface area contributed by atoms with Gasteiger partial charge in [0.15, 0.2) is 0 Å². The molecule has 3 aliphatic heterocycles.